The van der Waals surface area contributed by atoms with E-state index in [-0.39, 0.29) is 24.1 Å². The number of hydrogen-bond acceptors (Lipinski definition) is 3. The Hall–Kier alpha value is -1.26. The Labute approximate surface area is 99.7 Å². The van der Waals surface area contributed by atoms with Crippen molar-refractivity contribution in [2.45, 2.75) is 5.92 Å². The van der Waals surface area contributed by atoms with Crippen molar-refractivity contribution >= 4 is 18.4 Å². The van der Waals surface area contributed by atoms with Crippen LogP contribution in [0.15, 0.2) is 24.3 Å². The van der Waals surface area contributed by atoms with Crippen molar-refractivity contribution in [2.24, 2.45) is 5.92 Å². The summed E-state index contributed by atoms with van der Waals surface area (Å²) >= 11 is 0. The van der Waals surface area contributed by atoms with Crippen molar-refractivity contribution in [3.63, 3.8) is 0 Å². The molecule has 0 spiro atoms. The van der Waals surface area contributed by atoms with Crippen LogP contribution in [0.1, 0.15) is 11.5 Å². The second-order valence-electron chi connectivity index (χ2n) is 3.80. The largest absolute Gasteiger partial charge is 0.508 e. The summed E-state index contributed by atoms with van der Waals surface area (Å²) in [4.78, 5) is 11.0. The molecule has 0 amide bonds. The van der Waals surface area contributed by atoms with Crippen LogP contribution in [0.5, 0.6) is 5.75 Å². The van der Waals surface area contributed by atoms with Crippen LogP contribution in [0.2, 0.25) is 0 Å². The highest BCUT2D eigenvalue weighted by atomic mass is 35.5. The van der Waals surface area contributed by atoms with Gasteiger partial charge in [-0.15, -0.1) is 12.4 Å². The van der Waals surface area contributed by atoms with E-state index < -0.39 is 11.9 Å². The van der Waals surface area contributed by atoms with E-state index in [2.05, 4.69) is 5.32 Å². The average molecular weight is 244 g/mol. The molecule has 1 aliphatic heterocycles. The minimum atomic E-state index is -0.784. The lowest BCUT2D eigenvalue weighted by molar-refractivity contribution is -0.141. The molecule has 1 aliphatic rings. The summed E-state index contributed by atoms with van der Waals surface area (Å²) in [5, 5.41) is 21.4. The van der Waals surface area contributed by atoms with Crippen LogP contribution in [0.3, 0.4) is 0 Å². The molecule has 0 saturated carbocycles. The number of halogens is 1. The fourth-order valence-electron chi connectivity index (χ4n) is 2.04. The quantitative estimate of drug-likeness (QED) is 0.730. The number of hydrogen-bond donors (Lipinski definition) is 3. The highest BCUT2D eigenvalue weighted by Crippen LogP contribution is 2.29. The fourth-order valence-corrected chi connectivity index (χ4v) is 2.04. The number of carboxylic acids is 1. The lowest BCUT2D eigenvalue weighted by Gasteiger charge is -2.14. The van der Waals surface area contributed by atoms with Crippen LogP contribution in [0, 0.1) is 5.92 Å². The highest BCUT2D eigenvalue weighted by Gasteiger charge is 2.33. The normalized spacial score (nSPS) is 23.8. The zero-order chi connectivity index (χ0) is 10.8. The Morgan fingerprint density at radius 2 is 2.12 bits per heavy atom. The molecule has 0 radical (unpaired) electrons. The predicted molar refractivity (Wildman–Crippen MR) is 62.1 cm³/mol. The second kappa shape index (κ2) is 5.18. The Morgan fingerprint density at radius 3 is 2.75 bits per heavy atom. The van der Waals surface area contributed by atoms with Crippen molar-refractivity contribution in [2.75, 3.05) is 13.1 Å². The summed E-state index contributed by atoms with van der Waals surface area (Å²) in [7, 11) is 0. The maximum atomic E-state index is 11.0. The summed E-state index contributed by atoms with van der Waals surface area (Å²) in [6.07, 6.45) is 0. The number of phenols is 1. The summed E-state index contributed by atoms with van der Waals surface area (Å²) in [6, 6.07) is 6.81. The molecular formula is C11H14ClNO3. The first-order chi connectivity index (χ1) is 7.18. The first-order valence-electron chi connectivity index (χ1n) is 4.91. The van der Waals surface area contributed by atoms with Crippen LogP contribution in [0.4, 0.5) is 0 Å². The van der Waals surface area contributed by atoms with Gasteiger partial charge >= 0.3 is 5.97 Å². The van der Waals surface area contributed by atoms with Crippen molar-refractivity contribution in [1.29, 1.82) is 0 Å². The molecule has 0 unspecified atom stereocenters. The van der Waals surface area contributed by atoms with Gasteiger partial charge in [0.05, 0.1) is 5.92 Å². The Kier molecular flexibility index (Phi) is 4.15. The van der Waals surface area contributed by atoms with Gasteiger partial charge in [-0.05, 0) is 17.7 Å². The average Bonchev–Trinajstić information content (AvgIpc) is 2.65. The molecule has 16 heavy (non-hydrogen) atoms. The van der Waals surface area contributed by atoms with E-state index in [4.69, 9.17) is 5.11 Å². The molecule has 2 rings (SSSR count). The maximum absolute atomic E-state index is 11.0. The minimum absolute atomic E-state index is 0. The second-order valence-corrected chi connectivity index (χ2v) is 3.80. The van der Waals surface area contributed by atoms with E-state index in [1.807, 2.05) is 6.07 Å². The standard InChI is InChI=1S/C11H13NO3.ClH/c13-8-3-1-2-7(4-8)9-5-12-6-10(9)11(14)15;/h1-4,9-10,12-13H,5-6H2,(H,14,15);1H/t9-,10+;/m0./s1. The van der Waals surface area contributed by atoms with E-state index in [9.17, 15) is 9.90 Å². The number of phenolic OH excluding ortho intramolecular Hbond substituents is 1. The number of nitrogens with one attached hydrogen (secondary N) is 1. The molecule has 1 aromatic carbocycles. The number of carbonyl (C=O) groups is 1. The molecule has 1 heterocycles. The lowest BCUT2D eigenvalue weighted by atomic mass is 9.89. The van der Waals surface area contributed by atoms with Gasteiger partial charge in [0, 0.05) is 19.0 Å². The molecule has 2 atom stereocenters. The molecule has 88 valence electrons. The lowest BCUT2D eigenvalue weighted by Crippen LogP contribution is -2.20. The van der Waals surface area contributed by atoms with Crippen LogP contribution in [-0.2, 0) is 4.79 Å². The Bertz CT molecular complexity index is 383. The van der Waals surface area contributed by atoms with Gasteiger partial charge in [0.2, 0.25) is 0 Å². The van der Waals surface area contributed by atoms with Gasteiger partial charge in [-0.25, -0.2) is 0 Å². The van der Waals surface area contributed by atoms with Gasteiger partial charge in [-0.3, -0.25) is 4.79 Å². The minimum Gasteiger partial charge on any atom is -0.508 e. The Balaban J connectivity index is 0.00000128. The van der Waals surface area contributed by atoms with Crippen molar-refractivity contribution in [3.8, 4) is 5.75 Å². The van der Waals surface area contributed by atoms with Crippen molar-refractivity contribution in [3.05, 3.63) is 29.8 Å². The van der Waals surface area contributed by atoms with E-state index >= 15 is 0 Å². The number of benzene rings is 1. The SMILES string of the molecule is Cl.O=C(O)[C@@H]1CNC[C@H]1c1cccc(O)c1. The van der Waals surface area contributed by atoms with Gasteiger partial charge in [0.15, 0.2) is 0 Å². The molecule has 0 bridgehead atoms. The molecule has 5 heteroatoms. The fraction of sp³-hybridized carbons (Fsp3) is 0.364. The summed E-state index contributed by atoms with van der Waals surface area (Å²) < 4.78 is 0. The third-order valence-corrected chi connectivity index (χ3v) is 2.83. The molecule has 1 saturated heterocycles. The molecule has 3 N–H and O–H groups in total. The first-order valence-corrected chi connectivity index (χ1v) is 4.91. The third-order valence-electron chi connectivity index (χ3n) is 2.83. The smallest absolute Gasteiger partial charge is 0.308 e. The van der Waals surface area contributed by atoms with Gasteiger partial charge in [-0.1, -0.05) is 12.1 Å². The van der Waals surface area contributed by atoms with Gasteiger partial charge < -0.3 is 15.5 Å². The molecule has 4 nitrogen and oxygen atoms in total. The third kappa shape index (κ3) is 2.46. The molecule has 0 aliphatic carbocycles. The van der Waals surface area contributed by atoms with Crippen molar-refractivity contribution < 1.29 is 15.0 Å². The molecule has 0 aromatic heterocycles. The van der Waals surface area contributed by atoms with E-state index in [1.165, 1.54) is 0 Å². The van der Waals surface area contributed by atoms with Gasteiger partial charge in [0.1, 0.15) is 5.75 Å². The number of aromatic hydroxyl groups is 1. The number of carboxylic acid groups (broad SMARTS) is 1. The topological polar surface area (TPSA) is 69.6 Å². The monoisotopic (exact) mass is 243 g/mol. The zero-order valence-corrected chi connectivity index (χ0v) is 9.41. The van der Waals surface area contributed by atoms with E-state index in [0.29, 0.717) is 13.1 Å². The summed E-state index contributed by atoms with van der Waals surface area (Å²) in [5.74, 6) is -1.04. The van der Waals surface area contributed by atoms with Crippen LogP contribution in [0.25, 0.3) is 0 Å². The summed E-state index contributed by atoms with van der Waals surface area (Å²) in [5.41, 5.74) is 0.882. The zero-order valence-electron chi connectivity index (χ0n) is 8.59. The van der Waals surface area contributed by atoms with Gasteiger partial charge in [0.25, 0.3) is 0 Å². The van der Waals surface area contributed by atoms with Crippen LogP contribution >= 0.6 is 12.4 Å². The highest BCUT2D eigenvalue weighted by molar-refractivity contribution is 5.85. The molecule has 1 aromatic rings. The molecule has 1 fully saturated rings. The van der Waals surface area contributed by atoms with Gasteiger partial charge in [-0.2, -0.15) is 0 Å². The maximum Gasteiger partial charge on any atom is 0.308 e. The number of rotatable bonds is 2. The first kappa shape index (κ1) is 12.8. The van der Waals surface area contributed by atoms with Crippen molar-refractivity contribution in [1.82, 2.24) is 5.32 Å². The van der Waals surface area contributed by atoms with E-state index in [0.717, 1.165) is 5.56 Å². The Morgan fingerprint density at radius 1 is 1.38 bits per heavy atom. The molecular weight excluding hydrogens is 230 g/mol. The van der Waals surface area contributed by atoms with E-state index in [1.54, 1.807) is 18.2 Å². The summed E-state index contributed by atoms with van der Waals surface area (Å²) in [6.45, 7) is 1.15. The number of aliphatic carboxylic acids is 1. The van der Waals surface area contributed by atoms with Crippen LogP contribution < -0.4 is 5.32 Å². The van der Waals surface area contributed by atoms with Crippen LogP contribution in [-0.4, -0.2) is 29.3 Å². The predicted octanol–water partition coefficient (Wildman–Crippen LogP) is 1.20.